The van der Waals surface area contributed by atoms with Crippen LogP contribution in [0, 0.1) is 13.8 Å². The summed E-state index contributed by atoms with van der Waals surface area (Å²) in [5.41, 5.74) is 7.00. The summed E-state index contributed by atoms with van der Waals surface area (Å²) in [6, 6.07) is 2.87. The molecule has 4 heteroatoms. The lowest BCUT2D eigenvalue weighted by Gasteiger charge is -2.37. The molecule has 88 valence electrons. The fraction of sp³-hybridized carbons (Fsp3) is 0.667. The highest BCUT2D eigenvalue weighted by Crippen LogP contribution is 2.22. The molecule has 0 aromatic carbocycles. The van der Waals surface area contributed by atoms with Crippen LogP contribution in [-0.2, 0) is 0 Å². The van der Waals surface area contributed by atoms with Gasteiger partial charge in [-0.2, -0.15) is 0 Å². The van der Waals surface area contributed by atoms with E-state index in [4.69, 9.17) is 5.73 Å². The lowest BCUT2D eigenvalue weighted by molar-refractivity contribution is 0.427. The molecule has 1 aliphatic rings. The maximum absolute atomic E-state index is 5.97. The second-order valence-corrected chi connectivity index (χ2v) is 4.74. The lowest BCUT2D eigenvalue weighted by Crippen LogP contribution is -2.46. The van der Waals surface area contributed by atoms with Gasteiger partial charge in [-0.1, -0.05) is 0 Å². The second kappa shape index (κ2) is 4.37. The Hall–Kier alpha value is -1.16. The SMILES string of the molecule is Cc1cc(N2CCC(N)CC2C)nc(C)n1. The number of aromatic nitrogens is 2. The van der Waals surface area contributed by atoms with Crippen molar-refractivity contribution in [2.75, 3.05) is 11.4 Å². The molecule has 2 atom stereocenters. The molecular weight excluding hydrogens is 200 g/mol. The van der Waals surface area contributed by atoms with Crippen molar-refractivity contribution in [1.29, 1.82) is 0 Å². The van der Waals surface area contributed by atoms with Crippen LogP contribution in [0.2, 0.25) is 0 Å². The summed E-state index contributed by atoms with van der Waals surface area (Å²) in [6.07, 6.45) is 2.09. The average molecular weight is 220 g/mol. The molecule has 0 radical (unpaired) electrons. The number of piperidine rings is 1. The topological polar surface area (TPSA) is 55.0 Å². The van der Waals surface area contributed by atoms with Gasteiger partial charge in [-0.15, -0.1) is 0 Å². The third-order valence-corrected chi connectivity index (χ3v) is 3.16. The van der Waals surface area contributed by atoms with Gasteiger partial charge in [0, 0.05) is 30.4 Å². The van der Waals surface area contributed by atoms with Crippen LogP contribution in [0.15, 0.2) is 6.07 Å². The molecule has 1 fully saturated rings. The highest BCUT2D eigenvalue weighted by molar-refractivity contribution is 5.41. The Morgan fingerprint density at radius 1 is 1.38 bits per heavy atom. The van der Waals surface area contributed by atoms with Crippen LogP contribution in [0.4, 0.5) is 5.82 Å². The van der Waals surface area contributed by atoms with Gasteiger partial charge in [0.05, 0.1) is 0 Å². The number of rotatable bonds is 1. The van der Waals surface area contributed by atoms with Gasteiger partial charge >= 0.3 is 0 Å². The average Bonchev–Trinajstić information content (AvgIpc) is 2.15. The van der Waals surface area contributed by atoms with Gasteiger partial charge < -0.3 is 10.6 Å². The first kappa shape index (κ1) is 11.3. The zero-order valence-corrected chi connectivity index (χ0v) is 10.3. The summed E-state index contributed by atoms with van der Waals surface area (Å²) in [5, 5.41) is 0. The van der Waals surface area contributed by atoms with Crippen molar-refractivity contribution < 1.29 is 0 Å². The molecular formula is C12H20N4. The van der Waals surface area contributed by atoms with Crippen LogP contribution in [0.5, 0.6) is 0 Å². The van der Waals surface area contributed by atoms with Crippen LogP contribution in [0.1, 0.15) is 31.3 Å². The minimum Gasteiger partial charge on any atom is -0.354 e. The molecule has 2 unspecified atom stereocenters. The molecule has 0 amide bonds. The Kier molecular flexibility index (Phi) is 3.10. The summed E-state index contributed by atoms with van der Waals surface area (Å²) in [4.78, 5) is 11.2. The molecule has 1 aromatic heterocycles. The Morgan fingerprint density at radius 3 is 2.75 bits per heavy atom. The predicted molar refractivity (Wildman–Crippen MR) is 65.5 cm³/mol. The largest absolute Gasteiger partial charge is 0.354 e. The van der Waals surface area contributed by atoms with Gasteiger partial charge in [-0.05, 0) is 33.6 Å². The van der Waals surface area contributed by atoms with Crippen molar-refractivity contribution >= 4 is 5.82 Å². The van der Waals surface area contributed by atoms with Crippen molar-refractivity contribution in [2.45, 2.75) is 45.7 Å². The molecule has 0 aliphatic carbocycles. The minimum atomic E-state index is 0.343. The van der Waals surface area contributed by atoms with E-state index in [2.05, 4.69) is 27.9 Å². The van der Waals surface area contributed by atoms with E-state index in [1.165, 1.54) is 0 Å². The van der Waals surface area contributed by atoms with Crippen molar-refractivity contribution in [3.8, 4) is 0 Å². The fourth-order valence-corrected chi connectivity index (χ4v) is 2.39. The summed E-state index contributed by atoms with van der Waals surface area (Å²) in [6.45, 7) is 7.17. The van der Waals surface area contributed by atoms with Gasteiger partial charge in [0.2, 0.25) is 0 Å². The third-order valence-electron chi connectivity index (χ3n) is 3.16. The molecule has 2 N–H and O–H groups in total. The molecule has 2 heterocycles. The highest BCUT2D eigenvalue weighted by Gasteiger charge is 2.24. The van der Waals surface area contributed by atoms with E-state index in [0.717, 1.165) is 36.7 Å². The number of anilines is 1. The molecule has 0 saturated carbocycles. The Balaban J connectivity index is 2.23. The predicted octanol–water partition coefficient (Wildman–Crippen LogP) is 1.41. The van der Waals surface area contributed by atoms with Gasteiger partial charge in [0.25, 0.3) is 0 Å². The first-order valence-corrected chi connectivity index (χ1v) is 5.91. The number of hydrogen-bond acceptors (Lipinski definition) is 4. The highest BCUT2D eigenvalue weighted by atomic mass is 15.2. The van der Waals surface area contributed by atoms with Crippen molar-refractivity contribution in [3.05, 3.63) is 17.6 Å². The Bertz CT molecular complexity index is 357. The normalized spacial score (nSPS) is 25.9. The summed E-state index contributed by atoms with van der Waals surface area (Å²) in [5.74, 6) is 1.89. The van der Waals surface area contributed by atoms with Crippen LogP contribution in [0.3, 0.4) is 0 Å². The zero-order chi connectivity index (χ0) is 11.7. The second-order valence-electron chi connectivity index (χ2n) is 4.74. The number of aryl methyl sites for hydroxylation is 2. The summed E-state index contributed by atoms with van der Waals surface area (Å²) in [7, 11) is 0. The zero-order valence-electron chi connectivity index (χ0n) is 10.3. The maximum Gasteiger partial charge on any atom is 0.132 e. The number of hydrogen-bond donors (Lipinski definition) is 1. The Morgan fingerprint density at radius 2 is 2.12 bits per heavy atom. The van der Waals surface area contributed by atoms with Crippen LogP contribution in [-0.4, -0.2) is 28.6 Å². The van der Waals surface area contributed by atoms with E-state index in [1.807, 2.05) is 13.8 Å². The van der Waals surface area contributed by atoms with E-state index in [-0.39, 0.29) is 0 Å². The minimum absolute atomic E-state index is 0.343. The molecule has 4 nitrogen and oxygen atoms in total. The van der Waals surface area contributed by atoms with Crippen molar-refractivity contribution in [1.82, 2.24) is 9.97 Å². The van der Waals surface area contributed by atoms with Crippen LogP contribution < -0.4 is 10.6 Å². The van der Waals surface area contributed by atoms with Crippen LogP contribution in [0.25, 0.3) is 0 Å². The number of nitrogens with zero attached hydrogens (tertiary/aromatic N) is 3. The quantitative estimate of drug-likeness (QED) is 0.777. The lowest BCUT2D eigenvalue weighted by atomic mass is 9.99. The van der Waals surface area contributed by atoms with E-state index in [9.17, 15) is 0 Å². The molecule has 1 aromatic rings. The fourth-order valence-electron chi connectivity index (χ4n) is 2.39. The van der Waals surface area contributed by atoms with E-state index >= 15 is 0 Å². The van der Waals surface area contributed by atoms with Gasteiger partial charge in [0.1, 0.15) is 11.6 Å². The summed E-state index contributed by atoms with van der Waals surface area (Å²) >= 11 is 0. The van der Waals surface area contributed by atoms with Gasteiger partial charge in [-0.25, -0.2) is 9.97 Å². The van der Waals surface area contributed by atoms with Gasteiger partial charge in [-0.3, -0.25) is 0 Å². The van der Waals surface area contributed by atoms with Gasteiger partial charge in [0.15, 0.2) is 0 Å². The first-order chi connectivity index (χ1) is 7.56. The van der Waals surface area contributed by atoms with E-state index in [1.54, 1.807) is 0 Å². The molecule has 0 spiro atoms. The number of nitrogens with two attached hydrogens (primary N) is 1. The summed E-state index contributed by atoms with van der Waals surface area (Å²) < 4.78 is 0. The van der Waals surface area contributed by atoms with Crippen LogP contribution >= 0.6 is 0 Å². The van der Waals surface area contributed by atoms with E-state index < -0.39 is 0 Å². The smallest absolute Gasteiger partial charge is 0.132 e. The molecule has 1 aliphatic heterocycles. The first-order valence-electron chi connectivity index (χ1n) is 5.91. The monoisotopic (exact) mass is 220 g/mol. The standard InChI is InChI=1S/C12H20N4/c1-8-6-12(15-10(3)14-8)16-5-4-11(13)7-9(16)2/h6,9,11H,4-5,7,13H2,1-3H3. The Labute approximate surface area is 96.9 Å². The van der Waals surface area contributed by atoms with E-state index in [0.29, 0.717) is 12.1 Å². The van der Waals surface area contributed by atoms with Crippen molar-refractivity contribution in [3.63, 3.8) is 0 Å². The maximum atomic E-state index is 5.97. The molecule has 0 bridgehead atoms. The molecule has 16 heavy (non-hydrogen) atoms. The molecule has 1 saturated heterocycles. The third kappa shape index (κ3) is 2.32. The van der Waals surface area contributed by atoms with Crippen molar-refractivity contribution in [2.24, 2.45) is 5.73 Å². The molecule has 2 rings (SSSR count).